The van der Waals surface area contributed by atoms with E-state index in [9.17, 15) is 0 Å². The minimum Gasteiger partial charge on any atom is -0.492 e. The molecule has 0 aliphatic rings. The lowest BCUT2D eigenvalue weighted by Gasteiger charge is -2.07. The van der Waals surface area contributed by atoms with Gasteiger partial charge in [-0.05, 0) is 37.6 Å². The zero-order valence-electron chi connectivity index (χ0n) is 9.75. The molecule has 15 heavy (non-hydrogen) atoms. The van der Waals surface area contributed by atoms with Crippen LogP contribution in [0.2, 0.25) is 0 Å². The third-order valence-electron chi connectivity index (χ3n) is 2.34. The first-order valence-electron chi connectivity index (χ1n) is 5.73. The predicted octanol–water partition coefficient (Wildman–Crippen LogP) is 2.63. The summed E-state index contributed by atoms with van der Waals surface area (Å²) in [4.78, 5) is 0. The Morgan fingerprint density at radius 2 is 2.20 bits per heavy atom. The number of hydrogen-bond donors (Lipinski definition) is 1. The number of nitrogens with one attached hydrogen (secondary N) is 1. The Morgan fingerprint density at radius 1 is 1.33 bits per heavy atom. The Balaban J connectivity index is 2.42. The smallest absolute Gasteiger partial charge is 0.119 e. The van der Waals surface area contributed by atoms with Gasteiger partial charge in [-0.1, -0.05) is 25.5 Å². The molecule has 2 nitrogen and oxygen atoms in total. The topological polar surface area (TPSA) is 21.3 Å². The Labute approximate surface area is 92.6 Å². The zero-order chi connectivity index (χ0) is 10.9. The summed E-state index contributed by atoms with van der Waals surface area (Å²) < 4.78 is 5.60. The third-order valence-corrected chi connectivity index (χ3v) is 2.34. The van der Waals surface area contributed by atoms with Crippen molar-refractivity contribution < 1.29 is 4.74 Å². The standard InChI is InChI=1S/C13H21NO/c1-3-4-6-12-7-5-8-13(11-12)15-10-9-14-2/h5,7-8,11,14H,3-4,6,9-10H2,1-2H3. The van der Waals surface area contributed by atoms with Crippen LogP contribution in [0.5, 0.6) is 5.75 Å². The van der Waals surface area contributed by atoms with Gasteiger partial charge in [0.05, 0.1) is 0 Å². The molecular formula is C13H21NO. The quantitative estimate of drug-likeness (QED) is 0.694. The first kappa shape index (κ1) is 12.1. The van der Waals surface area contributed by atoms with Crippen molar-refractivity contribution in [1.29, 1.82) is 0 Å². The van der Waals surface area contributed by atoms with Gasteiger partial charge in [-0.15, -0.1) is 0 Å². The van der Waals surface area contributed by atoms with E-state index in [1.54, 1.807) is 0 Å². The average molecular weight is 207 g/mol. The fourth-order valence-corrected chi connectivity index (χ4v) is 1.44. The van der Waals surface area contributed by atoms with Crippen molar-refractivity contribution in [1.82, 2.24) is 5.32 Å². The lowest BCUT2D eigenvalue weighted by Crippen LogP contribution is -2.15. The van der Waals surface area contributed by atoms with E-state index in [-0.39, 0.29) is 0 Å². The van der Waals surface area contributed by atoms with Crippen LogP contribution in [0.25, 0.3) is 0 Å². The molecule has 0 aromatic heterocycles. The van der Waals surface area contributed by atoms with Crippen LogP contribution in [0, 0.1) is 0 Å². The van der Waals surface area contributed by atoms with Gasteiger partial charge in [-0.3, -0.25) is 0 Å². The molecule has 0 heterocycles. The molecule has 0 bridgehead atoms. The Kier molecular flexibility index (Phi) is 5.86. The molecule has 0 aliphatic carbocycles. The minimum atomic E-state index is 0.730. The molecule has 0 unspecified atom stereocenters. The number of unbranched alkanes of at least 4 members (excludes halogenated alkanes) is 1. The maximum Gasteiger partial charge on any atom is 0.119 e. The van der Waals surface area contributed by atoms with E-state index in [2.05, 4.69) is 30.4 Å². The highest BCUT2D eigenvalue weighted by Crippen LogP contribution is 2.14. The summed E-state index contributed by atoms with van der Waals surface area (Å²) >= 11 is 0. The Bertz CT molecular complexity index is 273. The highest BCUT2D eigenvalue weighted by molar-refractivity contribution is 5.28. The fourth-order valence-electron chi connectivity index (χ4n) is 1.44. The van der Waals surface area contributed by atoms with Crippen LogP contribution in [0.3, 0.4) is 0 Å². The molecule has 84 valence electrons. The van der Waals surface area contributed by atoms with E-state index in [0.717, 1.165) is 25.3 Å². The summed E-state index contributed by atoms with van der Waals surface area (Å²) in [6.07, 6.45) is 3.64. The second-order valence-electron chi connectivity index (χ2n) is 3.70. The van der Waals surface area contributed by atoms with Crippen molar-refractivity contribution in [2.75, 3.05) is 20.2 Å². The normalized spacial score (nSPS) is 10.3. The number of rotatable bonds is 7. The van der Waals surface area contributed by atoms with Gasteiger partial charge in [0, 0.05) is 6.54 Å². The fraction of sp³-hybridized carbons (Fsp3) is 0.538. The lowest BCUT2D eigenvalue weighted by atomic mass is 10.1. The third kappa shape index (κ3) is 4.84. The van der Waals surface area contributed by atoms with Gasteiger partial charge in [0.15, 0.2) is 0 Å². The number of likely N-dealkylation sites (N-methyl/N-ethyl adjacent to an activating group) is 1. The second-order valence-corrected chi connectivity index (χ2v) is 3.70. The SMILES string of the molecule is CCCCc1cccc(OCCNC)c1. The van der Waals surface area contributed by atoms with Gasteiger partial charge in [-0.2, -0.15) is 0 Å². The molecular weight excluding hydrogens is 186 g/mol. The molecule has 2 heteroatoms. The molecule has 1 aromatic carbocycles. The van der Waals surface area contributed by atoms with Crippen LogP contribution in [0.15, 0.2) is 24.3 Å². The van der Waals surface area contributed by atoms with Crippen molar-refractivity contribution in [3.05, 3.63) is 29.8 Å². The van der Waals surface area contributed by atoms with Gasteiger partial charge in [-0.25, -0.2) is 0 Å². The van der Waals surface area contributed by atoms with Crippen LogP contribution in [0.1, 0.15) is 25.3 Å². The maximum absolute atomic E-state index is 5.60. The van der Waals surface area contributed by atoms with Crippen LogP contribution in [-0.2, 0) is 6.42 Å². The summed E-state index contributed by atoms with van der Waals surface area (Å²) in [5.41, 5.74) is 1.37. The largest absolute Gasteiger partial charge is 0.492 e. The van der Waals surface area contributed by atoms with Crippen LogP contribution in [0.4, 0.5) is 0 Å². The lowest BCUT2D eigenvalue weighted by molar-refractivity contribution is 0.318. The number of hydrogen-bond acceptors (Lipinski definition) is 2. The van der Waals surface area contributed by atoms with Crippen molar-refractivity contribution in [2.45, 2.75) is 26.2 Å². The molecule has 0 atom stereocenters. The number of benzene rings is 1. The van der Waals surface area contributed by atoms with Gasteiger partial charge in [0.2, 0.25) is 0 Å². The summed E-state index contributed by atoms with van der Waals surface area (Å²) in [6, 6.07) is 8.40. The number of aryl methyl sites for hydroxylation is 1. The Hall–Kier alpha value is -1.02. The molecule has 0 aliphatic heterocycles. The van der Waals surface area contributed by atoms with Gasteiger partial charge in [0.25, 0.3) is 0 Å². The van der Waals surface area contributed by atoms with Crippen molar-refractivity contribution >= 4 is 0 Å². The van der Waals surface area contributed by atoms with Gasteiger partial charge < -0.3 is 10.1 Å². The summed E-state index contributed by atoms with van der Waals surface area (Å²) in [5.74, 6) is 0.985. The van der Waals surface area contributed by atoms with Crippen LogP contribution in [-0.4, -0.2) is 20.2 Å². The predicted molar refractivity (Wildman–Crippen MR) is 64.5 cm³/mol. The van der Waals surface area contributed by atoms with E-state index < -0.39 is 0 Å². The molecule has 0 amide bonds. The molecule has 0 fully saturated rings. The van der Waals surface area contributed by atoms with Crippen molar-refractivity contribution in [3.8, 4) is 5.75 Å². The van der Waals surface area contributed by atoms with Crippen molar-refractivity contribution in [2.24, 2.45) is 0 Å². The highest BCUT2D eigenvalue weighted by atomic mass is 16.5. The first-order valence-corrected chi connectivity index (χ1v) is 5.73. The van der Waals surface area contributed by atoms with E-state index in [4.69, 9.17) is 4.74 Å². The maximum atomic E-state index is 5.60. The minimum absolute atomic E-state index is 0.730. The second kappa shape index (κ2) is 7.30. The van der Waals surface area contributed by atoms with E-state index >= 15 is 0 Å². The first-order chi connectivity index (χ1) is 7.36. The van der Waals surface area contributed by atoms with E-state index in [1.165, 1.54) is 18.4 Å². The molecule has 0 saturated heterocycles. The molecule has 1 rings (SSSR count). The summed E-state index contributed by atoms with van der Waals surface area (Å²) in [7, 11) is 1.93. The highest BCUT2D eigenvalue weighted by Gasteiger charge is 1.96. The number of ether oxygens (including phenoxy) is 1. The van der Waals surface area contributed by atoms with Gasteiger partial charge >= 0.3 is 0 Å². The van der Waals surface area contributed by atoms with E-state index in [1.807, 2.05) is 13.1 Å². The molecule has 0 radical (unpaired) electrons. The van der Waals surface area contributed by atoms with Crippen molar-refractivity contribution in [3.63, 3.8) is 0 Å². The van der Waals surface area contributed by atoms with Crippen LogP contribution >= 0.6 is 0 Å². The molecule has 0 saturated carbocycles. The summed E-state index contributed by atoms with van der Waals surface area (Å²) in [5, 5.41) is 3.06. The molecule has 1 aromatic rings. The average Bonchev–Trinajstić information content (AvgIpc) is 2.27. The zero-order valence-corrected chi connectivity index (χ0v) is 9.75. The summed E-state index contributed by atoms with van der Waals surface area (Å²) in [6.45, 7) is 3.83. The molecule has 0 spiro atoms. The van der Waals surface area contributed by atoms with Gasteiger partial charge in [0.1, 0.15) is 12.4 Å². The van der Waals surface area contributed by atoms with E-state index in [0.29, 0.717) is 0 Å². The Morgan fingerprint density at radius 3 is 2.93 bits per heavy atom. The molecule has 1 N–H and O–H groups in total. The monoisotopic (exact) mass is 207 g/mol. The van der Waals surface area contributed by atoms with Crippen LogP contribution < -0.4 is 10.1 Å².